The topological polar surface area (TPSA) is 29.1 Å². The van der Waals surface area contributed by atoms with E-state index in [0.717, 1.165) is 37.0 Å². The lowest BCUT2D eigenvalue weighted by Gasteiger charge is -2.25. The molecule has 94 valence electrons. The molecule has 0 aliphatic heterocycles. The number of halogens is 1. The van der Waals surface area contributed by atoms with Crippen LogP contribution in [0.2, 0.25) is 0 Å². The third-order valence-corrected chi connectivity index (χ3v) is 5.20. The molecule has 0 bridgehead atoms. The third kappa shape index (κ3) is 3.32. The van der Waals surface area contributed by atoms with Crippen LogP contribution >= 0.6 is 27.3 Å². The number of aryl methyl sites for hydroxylation is 1. The van der Waals surface area contributed by atoms with Crippen LogP contribution in [-0.2, 0) is 6.42 Å². The van der Waals surface area contributed by atoms with Crippen LogP contribution in [0.5, 0.6) is 0 Å². The van der Waals surface area contributed by atoms with Gasteiger partial charge < -0.3 is 5.32 Å². The molecule has 1 fully saturated rings. The first kappa shape index (κ1) is 13.1. The molecule has 2 rings (SSSR count). The molecule has 1 heterocycles. The summed E-state index contributed by atoms with van der Waals surface area (Å²) in [5.74, 6) is 0.120. The Kier molecular flexibility index (Phi) is 4.62. The summed E-state index contributed by atoms with van der Waals surface area (Å²) in [6.45, 7) is 2.09. The van der Waals surface area contributed by atoms with E-state index >= 15 is 0 Å². The molecule has 0 atom stereocenters. The number of nitrogens with one attached hydrogen (secondary N) is 1. The van der Waals surface area contributed by atoms with Gasteiger partial charge >= 0.3 is 0 Å². The Morgan fingerprint density at radius 3 is 2.82 bits per heavy atom. The summed E-state index contributed by atoms with van der Waals surface area (Å²) in [7, 11) is 0. The number of hydrogen-bond acceptors (Lipinski definition) is 2. The van der Waals surface area contributed by atoms with Crippen molar-refractivity contribution < 1.29 is 4.79 Å². The summed E-state index contributed by atoms with van der Waals surface area (Å²) in [5.41, 5.74) is 1.17. The van der Waals surface area contributed by atoms with E-state index in [1.165, 1.54) is 5.56 Å². The van der Waals surface area contributed by atoms with Gasteiger partial charge in [0.05, 0.1) is 4.88 Å². The number of alkyl halides is 1. The number of carbonyl (C=O) groups is 1. The molecular formula is C13H18BrNOS. The molecule has 0 unspecified atom stereocenters. The summed E-state index contributed by atoms with van der Waals surface area (Å²) in [5, 5.41) is 5.17. The third-order valence-electron chi connectivity index (χ3n) is 3.33. The second kappa shape index (κ2) is 6.01. The first-order valence-electron chi connectivity index (χ1n) is 6.22. The van der Waals surface area contributed by atoms with Gasteiger partial charge in [0.15, 0.2) is 0 Å². The van der Waals surface area contributed by atoms with Gasteiger partial charge in [0.2, 0.25) is 0 Å². The maximum atomic E-state index is 12.1. The average Bonchev–Trinajstić information content (AvgIpc) is 2.80. The van der Waals surface area contributed by atoms with Crippen LogP contribution < -0.4 is 5.32 Å². The zero-order valence-electron chi connectivity index (χ0n) is 10.0. The van der Waals surface area contributed by atoms with E-state index in [1.807, 2.05) is 5.38 Å². The number of carbonyl (C=O) groups excluding carboxylic acids is 1. The molecule has 1 aliphatic carbocycles. The summed E-state index contributed by atoms with van der Waals surface area (Å²) >= 11 is 5.18. The molecule has 4 heteroatoms. The van der Waals surface area contributed by atoms with E-state index < -0.39 is 0 Å². The van der Waals surface area contributed by atoms with E-state index in [2.05, 4.69) is 34.2 Å². The fraction of sp³-hybridized carbons (Fsp3) is 0.615. The summed E-state index contributed by atoms with van der Waals surface area (Å²) in [6.07, 6.45) is 5.44. The normalized spacial score (nSPS) is 24.6. The average molecular weight is 316 g/mol. The van der Waals surface area contributed by atoms with Gasteiger partial charge in [-0.05, 0) is 49.1 Å². The monoisotopic (exact) mass is 315 g/mol. The van der Waals surface area contributed by atoms with Crippen LogP contribution in [0, 0.1) is 0 Å². The SMILES string of the molecule is CCc1ccsc1C(=O)NC1CCC(Br)CC1. The van der Waals surface area contributed by atoms with Crippen molar-refractivity contribution in [3.8, 4) is 0 Å². The Balaban J connectivity index is 1.93. The predicted molar refractivity (Wildman–Crippen MR) is 76.1 cm³/mol. The quantitative estimate of drug-likeness (QED) is 0.846. The fourth-order valence-corrected chi connectivity index (χ4v) is 3.69. The molecule has 0 saturated heterocycles. The predicted octanol–water partition coefficient (Wildman–Crippen LogP) is 3.75. The highest BCUT2D eigenvalue weighted by atomic mass is 79.9. The molecule has 17 heavy (non-hydrogen) atoms. The molecular weight excluding hydrogens is 298 g/mol. The minimum absolute atomic E-state index is 0.120. The van der Waals surface area contributed by atoms with E-state index in [1.54, 1.807) is 11.3 Å². The zero-order chi connectivity index (χ0) is 12.3. The van der Waals surface area contributed by atoms with Gasteiger partial charge in [0, 0.05) is 10.9 Å². The van der Waals surface area contributed by atoms with Gasteiger partial charge in [-0.2, -0.15) is 0 Å². The second-order valence-electron chi connectivity index (χ2n) is 4.55. The van der Waals surface area contributed by atoms with Crippen molar-refractivity contribution in [2.45, 2.75) is 49.9 Å². The van der Waals surface area contributed by atoms with Gasteiger partial charge in [0.25, 0.3) is 5.91 Å². The molecule has 1 aromatic rings. The van der Waals surface area contributed by atoms with Crippen LogP contribution in [0.25, 0.3) is 0 Å². The Morgan fingerprint density at radius 1 is 1.47 bits per heavy atom. The summed E-state index contributed by atoms with van der Waals surface area (Å²) in [4.78, 5) is 13.7. The Hall–Kier alpha value is -0.350. The number of amides is 1. The lowest BCUT2D eigenvalue weighted by molar-refractivity contribution is 0.0931. The molecule has 0 spiro atoms. The highest BCUT2D eigenvalue weighted by Crippen LogP contribution is 2.25. The second-order valence-corrected chi connectivity index (χ2v) is 6.76. The van der Waals surface area contributed by atoms with Crippen molar-refractivity contribution in [1.29, 1.82) is 0 Å². The van der Waals surface area contributed by atoms with Gasteiger partial charge in [-0.1, -0.05) is 22.9 Å². The van der Waals surface area contributed by atoms with Gasteiger partial charge in [0.1, 0.15) is 0 Å². The number of thiophene rings is 1. The maximum Gasteiger partial charge on any atom is 0.261 e. The van der Waals surface area contributed by atoms with E-state index in [0.29, 0.717) is 10.9 Å². The van der Waals surface area contributed by atoms with Crippen molar-refractivity contribution in [3.63, 3.8) is 0 Å². The van der Waals surface area contributed by atoms with E-state index in [4.69, 9.17) is 0 Å². The van der Waals surface area contributed by atoms with Crippen molar-refractivity contribution in [2.24, 2.45) is 0 Å². The molecule has 1 aromatic heterocycles. The minimum atomic E-state index is 0.120. The summed E-state index contributed by atoms with van der Waals surface area (Å²) in [6, 6.07) is 2.41. The standard InChI is InChI=1S/C13H18BrNOS/c1-2-9-7-8-17-12(9)13(16)15-11-5-3-10(14)4-6-11/h7-8,10-11H,2-6H2,1H3,(H,15,16). The number of hydrogen-bond donors (Lipinski definition) is 1. The van der Waals surface area contributed by atoms with Crippen molar-refractivity contribution in [2.75, 3.05) is 0 Å². The van der Waals surface area contributed by atoms with Crippen LogP contribution in [0.4, 0.5) is 0 Å². The highest BCUT2D eigenvalue weighted by Gasteiger charge is 2.22. The van der Waals surface area contributed by atoms with Crippen LogP contribution in [0.15, 0.2) is 11.4 Å². The highest BCUT2D eigenvalue weighted by molar-refractivity contribution is 9.09. The fourth-order valence-electron chi connectivity index (χ4n) is 2.26. The Morgan fingerprint density at radius 2 is 2.18 bits per heavy atom. The van der Waals surface area contributed by atoms with Crippen molar-refractivity contribution in [3.05, 3.63) is 21.9 Å². The summed E-state index contributed by atoms with van der Waals surface area (Å²) < 4.78 is 0. The van der Waals surface area contributed by atoms with Crippen LogP contribution in [0.3, 0.4) is 0 Å². The molecule has 1 aliphatic rings. The Bertz CT molecular complexity index is 383. The van der Waals surface area contributed by atoms with Crippen LogP contribution in [0.1, 0.15) is 47.8 Å². The Labute approximate surface area is 115 Å². The lowest BCUT2D eigenvalue weighted by atomic mass is 9.95. The van der Waals surface area contributed by atoms with E-state index in [-0.39, 0.29) is 5.91 Å². The minimum Gasteiger partial charge on any atom is -0.349 e. The molecule has 0 aromatic carbocycles. The van der Waals surface area contributed by atoms with E-state index in [9.17, 15) is 4.79 Å². The first-order chi connectivity index (χ1) is 8.20. The van der Waals surface area contributed by atoms with Gasteiger partial charge in [-0.3, -0.25) is 4.79 Å². The first-order valence-corrected chi connectivity index (χ1v) is 8.01. The van der Waals surface area contributed by atoms with Gasteiger partial charge in [-0.25, -0.2) is 0 Å². The molecule has 2 nitrogen and oxygen atoms in total. The molecule has 1 saturated carbocycles. The smallest absolute Gasteiger partial charge is 0.261 e. The van der Waals surface area contributed by atoms with Gasteiger partial charge in [-0.15, -0.1) is 11.3 Å². The zero-order valence-corrected chi connectivity index (χ0v) is 12.4. The number of rotatable bonds is 3. The molecule has 1 amide bonds. The maximum absolute atomic E-state index is 12.1. The van der Waals surface area contributed by atoms with Crippen molar-refractivity contribution in [1.82, 2.24) is 5.32 Å². The van der Waals surface area contributed by atoms with Crippen LogP contribution in [-0.4, -0.2) is 16.8 Å². The van der Waals surface area contributed by atoms with Crippen molar-refractivity contribution >= 4 is 33.2 Å². The molecule has 0 radical (unpaired) electrons. The largest absolute Gasteiger partial charge is 0.349 e. The molecule has 1 N–H and O–H groups in total. The lowest BCUT2D eigenvalue weighted by Crippen LogP contribution is -2.37.